The van der Waals surface area contributed by atoms with Gasteiger partial charge in [0.05, 0.1) is 25.7 Å². The fraction of sp³-hybridized carbons (Fsp3) is 0.0370. The van der Waals surface area contributed by atoms with Gasteiger partial charge in [0.25, 0.3) is 25.7 Å². The molecule has 4 aromatic carbocycles. The number of hydrogen-bond donors (Lipinski definition) is 3. The molecule has 5 aromatic rings. The number of para-hydroxylation sites is 2. The van der Waals surface area contributed by atoms with Gasteiger partial charge in [0.1, 0.15) is 0 Å². The van der Waals surface area contributed by atoms with Gasteiger partial charge in [0.2, 0.25) is 0 Å². The number of anilines is 4. The van der Waals surface area contributed by atoms with Crippen LogP contribution in [0.1, 0.15) is 5.56 Å². The van der Waals surface area contributed by atoms with Crippen LogP contribution in [0.3, 0.4) is 0 Å². The Labute approximate surface area is 235 Å². The number of sulfonamides is 2. The van der Waals surface area contributed by atoms with E-state index < -0.39 is 25.0 Å². The Morgan fingerprint density at radius 2 is 1.12 bits per heavy atom. The van der Waals surface area contributed by atoms with Gasteiger partial charge in [-0.05, 0) is 67.6 Å². The van der Waals surface area contributed by atoms with E-state index in [-0.39, 0.29) is 27.1 Å². The summed E-state index contributed by atoms with van der Waals surface area (Å²) in [6.45, 7) is 1.86. The quantitative estimate of drug-likeness (QED) is 0.154. The fourth-order valence-corrected chi connectivity index (χ4v) is 5.85. The maximum absolute atomic E-state index is 13.1. The highest BCUT2D eigenvalue weighted by molar-refractivity contribution is 7.93. The molecule has 0 fully saturated rings. The standard InChI is InChI=1S/C27H22N6O6S2/c1-18-6-14-22(15-7-18)40(36,37)31-20-10-8-19(9-11-20)28-26-27(30-25-5-3-2-4-24(25)29-26)32-41(38,39)23-16-12-21(13-17-23)33(34)35/h2-17,31H,1H3,(H,28,29)(H,30,32). The maximum Gasteiger partial charge on any atom is 0.269 e. The van der Waals surface area contributed by atoms with Crippen LogP contribution in [0, 0.1) is 17.0 Å². The molecule has 1 heterocycles. The van der Waals surface area contributed by atoms with Crippen molar-refractivity contribution >= 4 is 59.8 Å². The zero-order valence-electron chi connectivity index (χ0n) is 21.3. The van der Waals surface area contributed by atoms with Gasteiger partial charge < -0.3 is 5.32 Å². The van der Waals surface area contributed by atoms with Crippen molar-refractivity contribution < 1.29 is 21.8 Å². The Hall–Kier alpha value is -5.08. The Bertz CT molecular complexity index is 1960. The third kappa shape index (κ3) is 6.23. The number of nitrogens with one attached hydrogen (secondary N) is 3. The van der Waals surface area contributed by atoms with E-state index in [1.54, 1.807) is 60.7 Å². The number of nitrogens with zero attached hydrogens (tertiary/aromatic N) is 3. The van der Waals surface area contributed by atoms with Gasteiger partial charge >= 0.3 is 0 Å². The van der Waals surface area contributed by atoms with Gasteiger partial charge in [-0.1, -0.05) is 29.8 Å². The van der Waals surface area contributed by atoms with Gasteiger partial charge in [-0.2, -0.15) is 0 Å². The number of fused-ring (bicyclic) bond motifs is 1. The highest BCUT2D eigenvalue weighted by Crippen LogP contribution is 2.28. The predicted octanol–water partition coefficient (Wildman–Crippen LogP) is 5.19. The highest BCUT2D eigenvalue weighted by Gasteiger charge is 2.20. The lowest BCUT2D eigenvalue weighted by Gasteiger charge is -2.14. The monoisotopic (exact) mass is 590 g/mol. The maximum atomic E-state index is 13.1. The summed E-state index contributed by atoms with van der Waals surface area (Å²) in [6, 6.07) is 24.0. The molecule has 0 unspecified atom stereocenters. The van der Waals surface area contributed by atoms with E-state index in [2.05, 4.69) is 24.7 Å². The molecular weight excluding hydrogens is 568 g/mol. The molecule has 0 atom stereocenters. The largest absolute Gasteiger partial charge is 0.337 e. The molecule has 5 rings (SSSR count). The minimum Gasteiger partial charge on any atom is -0.337 e. The first-order valence-electron chi connectivity index (χ1n) is 12.0. The SMILES string of the molecule is Cc1ccc(S(=O)(=O)Nc2ccc(Nc3nc4ccccc4nc3NS(=O)(=O)c3ccc([N+](=O)[O-])cc3)cc2)cc1. The van der Waals surface area contributed by atoms with Crippen LogP contribution in [0.15, 0.2) is 107 Å². The lowest BCUT2D eigenvalue weighted by atomic mass is 10.2. The Kier molecular flexibility index (Phi) is 7.26. The topological polar surface area (TPSA) is 173 Å². The number of nitro groups is 1. The van der Waals surface area contributed by atoms with E-state index in [0.29, 0.717) is 22.4 Å². The van der Waals surface area contributed by atoms with Crippen molar-refractivity contribution in [2.45, 2.75) is 16.7 Å². The smallest absolute Gasteiger partial charge is 0.269 e. The average molecular weight is 591 g/mol. The van der Waals surface area contributed by atoms with Crippen molar-refractivity contribution in [2.24, 2.45) is 0 Å². The second kappa shape index (κ2) is 10.8. The number of aromatic nitrogens is 2. The Morgan fingerprint density at radius 1 is 0.634 bits per heavy atom. The van der Waals surface area contributed by atoms with Crippen LogP contribution in [-0.4, -0.2) is 31.7 Å². The van der Waals surface area contributed by atoms with Crippen LogP contribution in [0.25, 0.3) is 11.0 Å². The molecule has 208 valence electrons. The van der Waals surface area contributed by atoms with E-state index in [0.717, 1.165) is 29.8 Å². The van der Waals surface area contributed by atoms with E-state index in [4.69, 9.17) is 0 Å². The molecule has 0 aliphatic rings. The molecule has 0 saturated heterocycles. The third-order valence-electron chi connectivity index (χ3n) is 5.89. The van der Waals surface area contributed by atoms with Crippen molar-refractivity contribution in [1.29, 1.82) is 0 Å². The number of aryl methyl sites for hydroxylation is 1. The molecule has 0 saturated carbocycles. The summed E-state index contributed by atoms with van der Waals surface area (Å²) in [4.78, 5) is 19.2. The molecule has 1 aromatic heterocycles. The van der Waals surface area contributed by atoms with Crippen molar-refractivity contribution in [1.82, 2.24) is 9.97 Å². The normalized spacial score (nSPS) is 11.6. The summed E-state index contributed by atoms with van der Waals surface area (Å²) >= 11 is 0. The van der Waals surface area contributed by atoms with E-state index in [1.807, 2.05) is 6.92 Å². The third-order valence-corrected chi connectivity index (χ3v) is 8.64. The molecule has 0 aliphatic carbocycles. The van der Waals surface area contributed by atoms with E-state index in [9.17, 15) is 26.9 Å². The van der Waals surface area contributed by atoms with Crippen LogP contribution < -0.4 is 14.8 Å². The first-order chi connectivity index (χ1) is 19.5. The van der Waals surface area contributed by atoms with Crippen molar-refractivity contribution in [3.63, 3.8) is 0 Å². The number of benzene rings is 4. The molecule has 3 N–H and O–H groups in total. The van der Waals surface area contributed by atoms with Crippen LogP contribution in [0.5, 0.6) is 0 Å². The lowest BCUT2D eigenvalue weighted by molar-refractivity contribution is -0.384. The van der Waals surface area contributed by atoms with Gasteiger partial charge in [0.15, 0.2) is 11.6 Å². The summed E-state index contributed by atoms with van der Waals surface area (Å²) in [6.07, 6.45) is 0. The van der Waals surface area contributed by atoms with Gasteiger partial charge in [0, 0.05) is 23.5 Å². The Morgan fingerprint density at radius 3 is 1.68 bits per heavy atom. The van der Waals surface area contributed by atoms with E-state index in [1.165, 1.54) is 12.1 Å². The molecule has 14 heteroatoms. The number of non-ortho nitro benzene ring substituents is 1. The zero-order valence-corrected chi connectivity index (χ0v) is 23.0. The second-order valence-corrected chi connectivity index (χ2v) is 12.3. The summed E-state index contributed by atoms with van der Waals surface area (Å²) in [5.74, 6) is -0.0200. The molecular formula is C27H22N6O6S2. The van der Waals surface area contributed by atoms with Gasteiger partial charge in [-0.15, -0.1) is 0 Å². The molecule has 0 bridgehead atoms. The van der Waals surface area contributed by atoms with E-state index >= 15 is 0 Å². The zero-order chi connectivity index (χ0) is 29.2. The van der Waals surface area contributed by atoms with Crippen molar-refractivity contribution in [3.8, 4) is 0 Å². The van der Waals surface area contributed by atoms with Crippen LogP contribution in [0.4, 0.5) is 28.7 Å². The minimum absolute atomic E-state index is 0.0853. The summed E-state index contributed by atoms with van der Waals surface area (Å²) < 4.78 is 56.5. The summed E-state index contributed by atoms with van der Waals surface area (Å²) in [7, 11) is -7.98. The second-order valence-electron chi connectivity index (χ2n) is 8.89. The lowest BCUT2D eigenvalue weighted by Crippen LogP contribution is -2.16. The Balaban J connectivity index is 1.41. The minimum atomic E-state index is -4.19. The number of nitro benzene ring substituents is 1. The molecule has 0 radical (unpaired) electrons. The first-order valence-corrected chi connectivity index (χ1v) is 15.0. The highest BCUT2D eigenvalue weighted by atomic mass is 32.2. The van der Waals surface area contributed by atoms with Crippen molar-refractivity contribution in [3.05, 3.63) is 113 Å². The molecule has 0 amide bonds. The molecule has 0 spiro atoms. The summed E-state index contributed by atoms with van der Waals surface area (Å²) in [5.41, 5.74) is 2.41. The fourth-order valence-electron chi connectivity index (χ4n) is 3.78. The van der Waals surface area contributed by atoms with Crippen LogP contribution in [0.2, 0.25) is 0 Å². The van der Waals surface area contributed by atoms with Gasteiger partial charge in [-0.3, -0.25) is 19.6 Å². The molecule has 0 aliphatic heterocycles. The predicted molar refractivity (Wildman–Crippen MR) is 155 cm³/mol. The van der Waals surface area contributed by atoms with Gasteiger partial charge in [-0.25, -0.2) is 26.8 Å². The summed E-state index contributed by atoms with van der Waals surface area (Å²) in [5, 5.41) is 14.0. The first kappa shape index (κ1) is 27.5. The number of rotatable bonds is 9. The van der Waals surface area contributed by atoms with Crippen molar-refractivity contribution in [2.75, 3.05) is 14.8 Å². The average Bonchev–Trinajstić information content (AvgIpc) is 2.94. The number of hydrogen-bond acceptors (Lipinski definition) is 9. The molecule has 41 heavy (non-hydrogen) atoms. The van der Waals surface area contributed by atoms with Crippen LogP contribution >= 0.6 is 0 Å². The molecule has 12 nitrogen and oxygen atoms in total. The van der Waals surface area contributed by atoms with Crippen LogP contribution in [-0.2, 0) is 20.0 Å².